The fourth-order valence-electron chi connectivity index (χ4n) is 7.89. The van der Waals surface area contributed by atoms with Gasteiger partial charge >= 0.3 is 5.97 Å². The number of anilines is 3. The normalized spacial score (nSPS) is 17.1. The maximum atomic E-state index is 13.9. The lowest BCUT2D eigenvalue weighted by Gasteiger charge is -2.41. The summed E-state index contributed by atoms with van der Waals surface area (Å²) in [5.41, 5.74) is 7.50. The quantitative estimate of drug-likeness (QED) is 0.168. The second-order valence-corrected chi connectivity index (χ2v) is 17.1. The Hall–Kier alpha value is -4.76. The largest absolute Gasteiger partial charge is 0.455 e. The first kappa shape index (κ1) is 35.6. The Morgan fingerprint density at radius 3 is 2.54 bits per heavy atom. The summed E-state index contributed by atoms with van der Waals surface area (Å²) >= 11 is 1.46. The van der Waals surface area contributed by atoms with Crippen LogP contribution < -0.4 is 15.1 Å². The summed E-state index contributed by atoms with van der Waals surface area (Å²) in [7, 11) is 2.20. The van der Waals surface area contributed by atoms with Gasteiger partial charge in [0.1, 0.15) is 11.4 Å². The minimum Gasteiger partial charge on any atom is -0.455 e. The van der Waals surface area contributed by atoms with E-state index >= 15 is 0 Å². The van der Waals surface area contributed by atoms with Crippen LogP contribution >= 0.6 is 11.3 Å². The molecule has 2 aromatic heterocycles. The number of carbonyl (C=O) groups is 2. The van der Waals surface area contributed by atoms with Crippen molar-refractivity contribution in [3.8, 4) is 11.1 Å². The third-order valence-electron chi connectivity index (χ3n) is 10.5. The standard InChI is InChI=1S/C43H49N5O3S/c1-27-30(15-11-18-35(27)47(7)29-14-12-23-43(5,6)25-29)31-20-21-37(45-38(31)40(50)51-42(2,3)4)48-24-22-28-13-10-16-32(33(28)26-48)39(49)46-41-44-34-17-8-9-19-36(34)52-41/h8-11,13,15-21,29H,12,14,22-26H2,1-7H3,(H,44,46,49). The highest BCUT2D eigenvalue weighted by molar-refractivity contribution is 7.22. The number of pyridine rings is 1. The third kappa shape index (κ3) is 7.42. The highest BCUT2D eigenvalue weighted by Gasteiger charge is 2.32. The Morgan fingerprint density at radius 2 is 1.77 bits per heavy atom. The molecule has 5 aromatic rings. The van der Waals surface area contributed by atoms with Crippen LogP contribution in [0.2, 0.25) is 0 Å². The number of rotatable bonds is 7. The molecule has 7 rings (SSSR count). The number of esters is 1. The van der Waals surface area contributed by atoms with Crippen LogP contribution in [0.1, 0.15) is 97.8 Å². The molecule has 3 aromatic carbocycles. The zero-order valence-electron chi connectivity index (χ0n) is 31.4. The van der Waals surface area contributed by atoms with E-state index in [2.05, 4.69) is 72.2 Å². The number of amides is 1. The summed E-state index contributed by atoms with van der Waals surface area (Å²) in [5, 5.41) is 3.61. The van der Waals surface area contributed by atoms with Gasteiger partial charge in [0.05, 0.1) is 10.2 Å². The van der Waals surface area contributed by atoms with Crippen LogP contribution in [0, 0.1) is 12.3 Å². The molecule has 1 aliphatic heterocycles. The molecule has 1 N–H and O–H groups in total. The Morgan fingerprint density at radius 1 is 0.981 bits per heavy atom. The number of hydrogen-bond donors (Lipinski definition) is 1. The lowest BCUT2D eigenvalue weighted by molar-refractivity contribution is 0.00638. The molecule has 0 spiro atoms. The van der Waals surface area contributed by atoms with E-state index in [0.29, 0.717) is 46.8 Å². The molecule has 0 saturated heterocycles. The summed E-state index contributed by atoms with van der Waals surface area (Å²) in [6.07, 6.45) is 5.55. The van der Waals surface area contributed by atoms with E-state index in [1.165, 1.54) is 36.3 Å². The van der Waals surface area contributed by atoms with Crippen molar-refractivity contribution in [3.05, 3.63) is 101 Å². The monoisotopic (exact) mass is 715 g/mol. The van der Waals surface area contributed by atoms with Crippen molar-refractivity contribution in [2.24, 2.45) is 5.41 Å². The number of hydrogen-bond acceptors (Lipinski definition) is 8. The predicted molar refractivity (Wildman–Crippen MR) is 213 cm³/mol. The number of nitrogens with one attached hydrogen (secondary N) is 1. The van der Waals surface area contributed by atoms with Gasteiger partial charge in [-0.25, -0.2) is 14.8 Å². The topological polar surface area (TPSA) is 87.7 Å². The predicted octanol–water partition coefficient (Wildman–Crippen LogP) is 9.84. The number of carbonyl (C=O) groups excluding carboxylic acids is 2. The smallest absolute Gasteiger partial charge is 0.358 e. The summed E-state index contributed by atoms with van der Waals surface area (Å²) in [4.78, 5) is 41.9. The Labute approximate surface area is 311 Å². The van der Waals surface area contributed by atoms with Crippen LogP contribution in [0.15, 0.2) is 72.8 Å². The van der Waals surface area contributed by atoms with Gasteiger partial charge in [-0.05, 0) is 117 Å². The molecular formula is C43H49N5O3S. The van der Waals surface area contributed by atoms with Crippen molar-refractivity contribution in [3.63, 3.8) is 0 Å². The van der Waals surface area contributed by atoms with E-state index in [0.717, 1.165) is 50.9 Å². The first-order valence-corrected chi connectivity index (χ1v) is 19.2. The lowest BCUT2D eigenvalue weighted by atomic mass is 9.74. The highest BCUT2D eigenvalue weighted by atomic mass is 32.1. The van der Waals surface area contributed by atoms with E-state index in [9.17, 15) is 9.59 Å². The van der Waals surface area contributed by atoms with Gasteiger partial charge in [0.15, 0.2) is 10.8 Å². The molecule has 3 heterocycles. The number of thiazole rings is 1. The number of benzene rings is 3. The Balaban J connectivity index is 1.20. The van der Waals surface area contributed by atoms with E-state index in [4.69, 9.17) is 9.72 Å². The number of ether oxygens (including phenoxy) is 1. The molecule has 1 atom stereocenters. The second kappa shape index (κ2) is 14.0. The first-order valence-electron chi connectivity index (χ1n) is 18.4. The van der Waals surface area contributed by atoms with Crippen molar-refractivity contribution in [2.45, 2.75) is 91.8 Å². The molecule has 1 aliphatic carbocycles. The molecule has 1 fully saturated rings. The van der Waals surface area contributed by atoms with Gasteiger partial charge in [-0.3, -0.25) is 10.1 Å². The fourth-order valence-corrected chi connectivity index (χ4v) is 8.75. The van der Waals surface area contributed by atoms with Gasteiger partial charge in [-0.2, -0.15) is 0 Å². The van der Waals surface area contributed by atoms with Crippen molar-refractivity contribution < 1.29 is 14.3 Å². The SMILES string of the molecule is Cc1c(-c2ccc(N3CCc4cccc(C(=O)Nc5nc6ccccc6s5)c4C3)nc2C(=O)OC(C)(C)C)cccc1N(C)C1CCCC(C)(C)C1. The molecule has 1 saturated carbocycles. The third-order valence-corrected chi connectivity index (χ3v) is 11.5. The van der Waals surface area contributed by atoms with Gasteiger partial charge in [0, 0.05) is 43.0 Å². The Bertz CT molecular complexity index is 2120. The van der Waals surface area contributed by atoms with Gasteiger partial charge in [0.2, 0.25) is 0 Å². The van der Waals surface area contributed by atoms with Crippen molar-refractivity contribution in [2.75, 3.05) is 28.7 Å². The fraction of sp³-hybridized carbons (Fsp3) is 0.395. The van der Waals surface area contributed by atoms with Gasteiger partial charge < -0.3 is 14.5 Å². The Kier molecular flexibility index (Phi) is 9.59. The summed E-state index contributed by atoms with van der Waals surface area (Å²) < 4.78 is 6.99. The van der Waals surface area contributed by atoms with Crippen LogP contribution in [-0.2, 0) is 17.7 Å². The molecular weight excluding hydrogens is 667 g/mol. The second-order valence-electron chi connectivity index (χ2n) is 16.1. The molecule has 8 nitrogen and oxygen atoms in total. The van der Waals surface area contributed by atoms with E-state index in [1.807, 2.05) is 69.3 Å². The van der Waals surface area contributed by atoms with Gasteiger partial charge in [0.25, 0.3) is 5.91 Å². The summed E-state index contributed by atoms with van der Waals surface area (Å²) in [5.74, 6) is 0.0319. The van der Waals surface area contributed by atoms with Crippen molar-refractivity contribution >= 4 is 50.1 Å². The van der Waals surface area contributed by atoms with E-state index < -0.39 is 11.6 Å². The van der Waals surface area contributed by atoms with Gasteiger partial charge in [-0.15, -0.1) is 0 Å². The summed E-state index contributed by atoms with van der Waals surface area (Å²) in [6.45, 7) is 13.7. The maximum absolute atomic E-state index is 13.9. The number of fused-ring (bicyclic) bond motifs is 2. The minimum atomic E-state index is -0.688. The molecule has 270 valence electrons. The lowest BCUT2D eigenvalue weighted by Crippen LogP contribution is -2.39. The van der Waals surface area contributed by atoms with Crippen LogP contribution in [0.5, 0.6) is 0 Å². The van der Waals surface area contributed by atoms with Crippen LogP contribution in [-0.4, -0.2) is 47.1 Å². The molecule has 0 radical (unpaired) electrons. The number of para-hydroxylation sites is 1. The van der Waals surface area contributed by atoms with E-state index in [-0.39, 0.29) is 5.91 Å². The first-order chi connectivity index (χ1) is 24.8. The van der Waals surface area contributed by atoms with Crippen LogP contribution in [0.4, 0.5) is 16.6 Å². The molecule has 0 bridgehead atoms. The molecule has 1 amide bonds. The zero-order chi connectivity index (χ0) is 36.8. The molecule has 9 heteroatoms. The average molecular weight is 716 g/mol. The average Bonchev–Trinajstić information content (AvgIpc) is 3.52. The van der Waals surface area contributed by atoms with Crippen LogP contribution in [0.3, 0.4) is 0 Å². The maximum Gasteiger partial charge on any atom is 0.358 e. The molecule has 2 aliphatic rings. The number of nitrogens with zero attached hydrogens (tertiary/aromatic N) is 4. The minimum absolute atomic E-state index is 0.187. The zero-order valence-corrected chi connectivity index (χ0v) is 32.2. The highest BCUT2D eigenvalue weighted by Crippen LogP contribution is 2.41. The number of aromatic nitrogens is 2. The summed E-state index contributed by atoms with van der Waals surface area (Å²) in [6, 6.07) is 24.6. The van der Waals surface area contributed by atoms with E-state index in [1.54, 1.807) is 0 Å². The van der Waals surface area contributed by atoms with Crippen molar-refractivity contribution in [1.82, 2.24) is 9.97 Å². The van der Waals surface area contributed by atoms with Crippen LogP contribution in [0.25, 0.3) is 21.3 Å². The molecule has 52 heavy (non-hydrogen) atoms. The van der Waals surface area contributed by atoms with Crippen molar-refractivity contribution in [1.29, 1.82) is 0 Å². The molecule has 1 unspecified atom stereocenters. The van der Waals surface area contributed by atoms with Gasteiger partial charge in [-0.1, -0.05) is 68.0 Å².